The molecule has 0 radical (unpaired) electrons. The molecule has 1 aromatic rings. The van der Waals surface area contributed by atoms with Gasteiger partial charge in [-0.3, -0.25) is 14.9 Å². The van der Waals surface area contributed by atoms with Gasteiger partial charge in [-0.2, -0.15) is 0 Å². The van der Waals surface area contributed by atoms with Crippen molar-refractivity contribution in [2.45, 2.75) is 38.3 Å². The highest BCUT2D eigenvalue weighted by Gasteiger charge is 2.34. The standard InChI is InChI=1S/C17H23N3O5.ClH/c1-3-25-16-8-13(14(20(22)23)9-15(16)24-2)17(21)19-7-6-11-4-5-12(10-19)18-11;/h8-9,11-12,18H,3-7,10H2,1-2H3;1H. The fourth-order valence-electron chi connectivity index (χ4n) is 3.60. The van der Waals surface area contributed by atoms with Crippen molar-refractivity contribution in [3.63, 3.8) is 0 Å². The van der Waals surface area contributed by atoms with Gasteiger partial charge in [0.25, 0.3) is 11.6 Å². The van der Waals surface area contributed by atoms with Gasteiger partial charge in [0.15, 0.2) is 11.5 Å². The highest BCUT2D eigenvalue weighted by Crippen LogP contribution is 2.35. The van der Waals surface area contributed by atoms with Gasteiger partial charge in [-0.1, -0.05) is 0 Å². The van der Waals surface area contributed by atoms with Crippen molar-refractivity contribution in [2.24, 2.45) is 0 Å². The van der Waals surface area contributed by atoms with Crippen molar-refractivity contribution in [2.75, 3.05) is 26.8 Å². The molecule has 2 saturated heterocycles. The molecule has 0 aliphatic carbocycles. The van der Waals surface area contributed by atoms with Crippen LogP contribution in [0.5, 0.6) is 11.5 Å². The van der Waals surface area contributed by atoms with Crippen molar-refractivity contribution in [3.05, 3.63) is 27.8 Å². The number of nitrogens with one attached hydrogen (secondary N) is 1. The summed E-state index contributed by atoms with van der Waals surface area (Å²) in [6, 6.07) is 3.40. The summed E-state index contributed by atoms with van der Waals surface area (Å²) in [6.07, 6.45) is 3.03. The largest absolute Gasteiger partial charge is 0.493 e. The van der Waals surface area contributed by atoms with E-state index in [0.29, 0.717) is 31.5 Å². The third-order valence-corrected chi connectivity index (χ3v) is 4.82. The molecule has 2 atom stereocenters. The first-order valence-corrected chi connectivity index (χ1v) is 8.58. The van der Waals surface area contributed by atoms with Gasteiger partial charge < -0.3 is 19.7 Å². The molecular weight excluding hydrogens is 362 g/mol. The number of nitrogens with zero attached hydrogens (tertiary/aromatic N) is 2. The summed E-state index contributed by atoms with van der Waals surface area (Å²) in [6.45, 7) is 3.35. The highest BCUT2D eigenvalue weighted by atomic mass is 35.5. The molecule has 0 spiro atoms. The summed E-state index contributed by atoms with van der Waals surface area (Å²) in [7, 11) is 1.42. The van der Waals surface area contributed by atoms with Crippen LogP contribution < -0.4 is 14.8 Å². The number of benzene rings is 1. The Hall–Kier alpha value is -2.06. The molecule has 2 aliphatic heterocycles. The zero-order chi connectivity index (χ0) is 18.0. The van der Waals surface area contributed by atoms with Crippen LogP contribution in [0.1, 0.15) is 36.5 Å². The molecule has 9 heteroatoms. The van der Waals surface area contributed by atoms with Gasteiger partial charge in [0.2, 0.25) is 0 Å². The Kier molecular flexibility index (Phi) is 6.66. The zero-order valence-corrected chi connectivity index (χ0v) is 15.7. The lowest BCUT2D eigenvalue weighted by Gasteiger charge is -2.24. The van der Waals surface area contributed by atoms with E-state index in [9.17, 15) is 14.9 Å². The predicted octanol–water partition coefficient (Wildman–Crippen LogP) is 2.39. The number of methoxy groups -OCH3 is 1. The normalized spacial score (nSPS) is 21.5. The minimum atomic E-state index is -0.548. The fraction of sp³-hybridized carbons (Fsp3) is 0.588. The van der Waals surface area contributed by atoms with E-state index in [4.69, 9.17) is 9.47 Å². The Morgan fingerprint density at radius 3 is 2.69 bits per heavy atom. The van der Waals surface area contributed by atoms with Crippen molar-refractivity contribution >= 4 is 24.0 Å². The third kappa shape index (κ3) is 4.02. The second-order valence-electron chi connectivity index (χ2n) is 6.39. The molecule has 2 unspecified atom stereocenters. The summed E-state index contributed by atoms with van der Waals surface area (Å²) in [5, 5.41) is 15.0. The van der Waals surface area contributed by atoms with Crippen molar-refractivity contribution in [1.82, 2.24) is 10.2 Å². The molecule has 8 nitrogen and oxygen atoms in total. The number of likely N-dealkylation sites (tertiary alicyclic amines) is 1. The first-order chi connectivity index (χ1) is 12.0. The van der Waals surface area contributed by atoms with Crippen LogP contribution in [-0.2, 0) is 0 Å². The second-order valence-corrected chi connectivity index (χ2v) is 6.39. The van der Waals surface area contributed by atoms with Crippen LogP contribution in [0.15, 0.2) is 12.1 Å². The molecule has 26 heavy (non-hydrogen) atoms. The Balaban J connectivity index is 0.00000243. The van der Waals surface area contributed by atoms with Gasteiger partial charge in [-0.05, 0) is 26.2 Å². The highest BCUT2D eigenvalue weighted by molar-refractivity contribution is 5.99. The molecule has 1 amide bonds. The van der Waals surface area contributed by atoms with Gasteiger partial charge >= 0.3 is 0 Å². The number of amides is 1. The molecular formula is C17H24ClN3O5. The molecule has 1 N–H and O–H groups in total. The van der Waals surface area contributed by atoms with Gasteiger partial charge in [-0.15, -0.1) is 12.4 Å². The minimum Gasteiger partial charge on any atom is -0.493 e. The third-order valence-electron chi connectivity index (χ3n) is 4.82. The van der Waals surface area contributed by atoms with Crippen LogP contribution in [0.25, 0.3) is 0 Å². The maximum atomic E-state index is 13.0. The van der Waals surface area contributed by atoms with E-state index in [1.807, 2.05) is 0 Å². The number of rotatable bonds is 5. The van der Waals surface area contributed by atoms with E-state index in [0.717, 1.165) is 19.3 Å². The van der Waals surface area contributed by atoms with Crippen LogP contribution in [0.2, 0.25) is 0 Å². The van der Waals surface area contributed by atoms with Gasteiger partial charge in [0.05, 0.1) is 24.7 Å². The van der Waals surface area contributed by atoms with Crippen molar-refractivity contribution in [3.8, 4) is 11.5 Å². The van der Waals surface area contributed by atoms with Crippen LogP contribution in [0.3, 0.4) is 0 Å². The number of carbonyl (C=O) groups excluding carboxylic acids is 1. The lowest BCUT2D eigenvalue weighted by Crippen LogP contribution is -2.39. The Labute approximate surface area is 158 Å². The molecule has 3 rings (SSSR count). The van der Waals surface area contributed by atoms with Crippen LogP contribution in [-0.4, -0.2) is 54.6 Å². The average molecular weight is 386 g/mol. The van der Waals surface area contributed by atoms with Crippen molar-refractivity contribution in [1.29, 1.82) is 0 Å². The Bertz CT molecular complexity index is 685. The lowest BCUT2D eigenvalue weighted by atomic mass is 10.1. The minimum absolute atomic E-state index is 0. The number of halogens is 1. The van der Waals surface area contributed by atoms with E-state index in [1.165, 1.54) is 19.2 Å². The number of carbonyl (C=O) groups is 1. The van der Waals surface area contributed by atoms with E-state index in [1.54, 1.807) is 11.8 Å². The molecule has 2 fully saturated rings. The topological polar surface area (TPSA) is 93.9 Å². The Morgan fingerprint density at radius 1 is 1.31 bits per heavy atom. The molecule has 144 valence electrons. The van der Waals surface area contributed by atoms with Gasteiger partial charge in [0, 0.05) is 31.2 Å². The summed E-state index contributed by atoms with van der Waals surface area (Å²) in [4.78, 5) is 25.6. The summed E-state index contributed by atoms with van der Waals surface area (Å²) >= 11 is 0. The number of hydrogen-bond donors (Lipinski definition) is 1. The Morgan fingerprint density at radius 2 is 2.04 bits per heavy atom. The second kappa shape index (κ2) is 8.55. The van der Waals surface area contributed by atoms with Crippen LogP contribution in [0, 0.1) is 10.1 Å². The van der Waals surface area contributed by atoms with E-state index in [-0.39, 0.29) is 41.4 Å². The van der Waals surface area contributed by atoms with Gasteiger partial charge in [0.1, 0.15) is 5.56 Å². The molecule has 2 bridgehead atoms. The van der Waals surface area contributed by atoms with Gasteiger partial charge in [-0.25, -0.2) is 0 Å². The maximum Gasteiger partial charge on any atom is 0.286 e. The molecule has 0 aromatic heterocycles. The summed E-state index contributed by atoms with van der Waals surface area (Å²) in [5.74, 6) is 0.264. The summed E-state index contributed by atoms with van der Waals surface area (Å²) in [5.41, 5.74) is -0.209. The first kappa shape index (κ1) is 20.3. The van der Waals surface area contributed by atoms with E-state index < -0.39 is 4.92 Å². The lowest BCUT2D eigenvalue weighted by molar-refractivity contribution is -0.385. The monoisotopic (exact) mass is 385 g/mol. The SMILES string of the molecule is CCOc1cc(C(=O)N2CCC3CCC(C2)N3)c([N+](=O)[O-])cc1OC.Cl. The van der Waals surface area contributed by atoms with Crippen LogP contribution in [0.4, 0.5) is 5.69 Å². The predicted molar refractivity (Wildman–Crippen MR) is 98.5 cm³/mol. The smallest absolute Gasteiger partial charge is 0.286 e. The molecule has 2 heterocycles. The molecule has 0 saturated carbocycles. The summed E-state index contributed by atoms with van der Waals surface area (Å²) < 4.78 is 10.6. The maximum absolute atomic E-state index is 13.0. The average Bonchev–Trinajstić information content (AvgIpc) is 2.93. The first-order valence-electron chi connectivity index (χ1n) is 8.58. The molecule has 1 aromatic carbocycles. The van der Waals surface area contributed by atoms with Crippen molar-refractivity contribution < 1.29 is 19.2 Å². The fourth-order valence-corrected chi connectivity index (χ4v) is 3.60. The number of fused-ring (bicyclic) bond motifs is 2. The molecule has 2 aliphatic rings. The number of nitro groups is 1. The zero-order valence-electron chi connectivity index (χ0n) is 14.9. The van der Waals surface area contributed by atoms with E-state index in [2.05, 4.69) is 5.32 Å². The quantitative estimate of drug-likeness (QED) is 0.617. The number of ether oxygens (including phenoxy) is 2. The van der Waals surface area contributed by atoms with E-state index >= 15 is 0 Å². The number of hydrogen-bond acceptors (Lipinski definition) is 6. The van der Waals surface area contributed by atoms with Crippen LogP contribution >= 0.6 is 12.4 Å². The number of nitro benzene ring substituents is 1.